The van der Waals surface area contributed by atoms with Crippen molar-refractivity contribution in [1.29, 1.82) is 0 Å². The van der Waals surface area contributed by atoms with Crippen LogP contribution in [0.15, 0.2) is 78.9 Å². The Balaban J connectivity index is 1.30. The maximum atomic E-state index is 14.5. The number of fused-ring (bicyclic) bond motifs is 3. The van der Waals surface area contributed by atoms with E-state index < -0.39 is 48.0 Å². The van der Waals surface area contributed by atoms with Gasteiger partial charge in [-0.25, -0.2) is 9.59 Å². The first kappa shape index (κ1) is 29.2. The molecule has 3 aromatic rings. The van der Waals surface area contributed by atoms with Gasteiger partial charge in [-0.1, -0.05) is 78.9 Å². The number of benzene rings is 3. The van der Waals surface area contributed by atoms with Gasteiger partial charge in [0.2, 0.25) is 5.91 Å². The van der Waals surface area contributed by atoms with Crippen LogP contribution in [0.5, 0.6) is 0 Å². The van der Waals surface area contributed by atoms with Crippen LogP contribution in [0.25, 0.3) is 11.1 Å². The predicted molar refractivity (Wildman–Crippen MR) is 150 cm³/mol. The zero-order valence-electron chi connectivity index (χ0n) is 23.0. The predicted octanol–water partition coefficient (Wildman–Crippen LogP) is 5.11. The molecule has 10 heteroatoms. The topological polar surface area (TPSA) is 114 Å². The lowest BCUT2D eigenvalue weighted by Gasteiger charge is -2.29. The fourth-order valence-electron chi connectivity index (χ4n) is 5.37. The molecule has 0 aliphatic heterocycles. The van der Waals surface area contributed by atoms with E-state index in [2.05, 4.69) is 10.6 Å². The molecule has 0 radical (unpaired) electrons. The zero-order chi connectivity index (χ0) is 29.9. The number of rotatable bonds is 12. The summed E-state index contributed by atoms with van der Waals surface area (Å²) in [5.41, 5.74) is 4.91. The largest absolute Gasteiger partial charge is 0.477 e. The van der Waals surface area contributed by atoms with Crippen molar-refractivity contribution in [2.75, 3.05) is 6.61 Å². The first-order valence-electron chi connectivity index (χ1n) is 13.9. The molecule has 1 fully saturated rings. The molecule has 1 saturated carbocycles. The number of carbonyl (C=O) groups excluding carboxylic acids is 2. The highest BCUT2D eigenvalue weighted by molar-refractivity contribution is 5.88. The summed E-state index contributed by atoms with van der Waals surface area (Å²) in [6.07, 6.45) is -1.18. The molecular formula is C32H32F2N2O6. The number of carbonyl (C=O) groups is 3. The van der Waals surface area contributed by atoms with Gasteiger partial charge in [-0.3, -0.25) is 4.79 Å². The van der Waals surface area contributed by atoms with E-state index in [0.29, 0.717) is 12.8 Å². The smallest absolute Gasteiger partial charge is 0.407 e. The second-order valence-electron chi connectivity index (χ2n) is 10.7. The van der Waals surface area contributed by atoms with Gasteiger partial charge in [0.05, 0.1) is 12.7 Å². The molecule has 0 saturated heterocycles. The highest BCUT2D eigenvalue weighted by Gasteiger charge is 2.55. The maximum absolute atomic E-state index is 14.5. The van der Waals surface area contributed by atoms with Crippen LogP contribution >= 0.6 is 0 Å². The zero-order valence-corrected chi connectivity index (χ0v) is 23.0. The second-order valence-corrected chi connectivity index (χ2v) is 10.7. The molecule has 1 unspecified atom stereocenters. The van der Waals surface area contributed by atoms with Gasteiger partial charge in [-0.2, -0.15) is 8.78 Å². The van der Waals surface area contributed by atoms with Gasteiger partial charge in [-0.05, 0) is 53.5 Å². The van der Waals surface area contributed by atoms with Crippen molar-refractivity contribution in [3.05, 3.63) is 95.6 Å². The number of carboxylic acid groups (broad SMARTS) is 1. The summed E-state index contributed by atoms with van der Waals surface area (Å²) in [5, 5.41) is 13.8. The quantitative estimate of drug-likeness (QED) is 0.275. The average Bonchev–Trinajstić information content (AvgIpc) is 3.78. The van der Waals surface area contributed by atoms with Crippen molar-refractivity contribution >= 4 is 18.0 Å². The second kappa shape index (κ2) is 12.3. The fourth-order valence-corrected chi connectivity index (χ4v) is 5.37. The fraction of sp³-hybridized carbons (Fsp3) is 0.344. The molecule has 3 N–H and O–H groups in total. The summed E-state index contributed by atoms with van der Waals surface area (Å²) in [6, 6.07) is 21.4. The average molecular weight is 579 g/mol. The van der Waals surface area contributed by atoms with Gasteiger partial charge in [0, 0.05) is 5.92 Å². The number of carboxylic acids is 1. The standard InChI is InChI=1S/C32H32F2N2O6/c1-19(41-17-20-9-3-2-4-10-20)27(29(37)36-28(21-15-16-21)32(33,34)30(38)39)35-31(40)42-18-26-24-13-7-5-11-22(24)23-12-6-8-14-25(23)26/h2-14,19,21,26-28H,15-18H2,1H3,(H,35,40)(H,36,37)(H,38,39)/t19-,27+,28?/m0/s1. The number of ether oxygens (including phenoxy) is 2. The minimum atomic E-state index is -4.18. The van der Waals surface area contributed by atoms with Crippen LogP contribution in [0, 0.1) is 5.92 Å². The van der Waals surface area contributed by atoms with Gasteiger partial charge in [0.25, 0.3) is 0 Å². The van der Waals surface area contributed by atoms with Gasteiger partial charge in [0.1, 0.15) is 18.7 Å². The van der Waals surface area contributed by atoms with Gasteiger partial charge in [0.15, 0.2) is 0 Å². The Kier molecular flexibility index (Phi) is 8.54. The number of nitrogens with one attached hydrogen (secondary N) is 2. The number of alkyl carbamates (subject to hydrolysis) is 1. The molecule has 220 valence electrons. The van der Waals surface area contributed by atoms with E-state index in [1.807, 2.05) is 78.9 Å². The summed E-state index contributed by atoms with van der Waals surface area (Å²) in [6.45, 7) is 1.60. The molecule has 5 rings (SSSR count). The highest BCUT2D eigenvalue weighted by atomic mass is 19.3. The van der Waals surface area contributed by atoms with E-state index in [1.165, 1.54) is 6.92 Å². The Hall–Kier alpha value is -4.31. The van der Waals surface area contributed by atoms with E-state index in [0.717, 1.165) is 27.8 Å². The normalized spacial score (nSPS) is 16.5. The Morgan fingerprint density at radius 2 is 1.48 bits per heavy atom. The SMILES string of the molecule is C[C@H](OCc1ccccc1)[C@@H](NC(=O)OCC1c2ccccc2-c2ccccc21)C(=O)NC(C1CC1)C(F)(F)C(=O)O. The summed E-state index contributed by atoms with van der Waals surface area (Å²) in [5.74, 6) is -8.40. The summed E-state index contributed by atoms with van der Waals surface area (Å²) in [4.78, 5) is 37.7. The van der Waals surface area contributed by atoms with Crippen LogP contribution in [0.1, 0.15) is 42.4 Å². The van der Waals surface area contributed by atoms with Crippen LogP contribution in [0.3, 0.4) is 0 Å². The highest BCUT2D eigenvalue weighted by Crippen LogP contribution is 2.44. The molecule has 2 aliphatic rings. The molecule has 2 aliphatic carbocycles. The third-order valence-electron chi connectivity index (χ3n) is 7.79. The third-order valence-corrected chi connectivity index (χ3v) is 7.79. The number of amides is 2. The maximum Gasteiger partial charge on any atom is 0.407 e. The van der Waals surface area contributed by atoms with Crippen molar-refractivity contribution < 1.29 is 37.7 Å². The van der Waals surface area contributed by atoms with Crippen LogP contribution in [-0.2, 0) is 25.7 Å². The molecular weight excluding hydrogens is 546 g/mol. The number of alkyl halides is 2. The van der Waals surface area contributed by atoms with Crippen molar-refractivity contribution in [2.24, 2.45) is 5.92 Å². The molecule has 8 nitrogen and oxygen atoms in total. The number of hydrogen-bond acceptors (Lipinski definition) is 5. The summed E-state index contributed by atoms with van der Waals surface area (Å²) < 4.78 is 40.5. The van der Waals surface area contributed by atoms with Gasteiger partial charge < -0.3 is 25.2 Å². The van der Waals surface area contributed by atoms with Crippen LogP contribution < -0.4 is 10.6 Å². The van der Waals surface area contributed by atoms with E-state index in [9.17, 15) is 23.2 Å². The minimum Gasteiger partial charge on any atom is -0.477 e. The molecule has 42 heavy (non-hydrogen) atoms. The van der Waals surface area contributed by atoms with E-state index in [4.69, 9.17) is 14.6 Å². The van der Waals surface area contributed by atoms with Crippen molar-refractivity contribution in [3.8, 4) is 11.1 Å². The summed E-state index contributed by atoms with van der Waals surface area (Å²) in [7, 11) is 0. The van der Waals surface area contributed by atoms with Gasteiger partial charge >= 0.3 is 18.0 Å². The van der Waals surface area contributed by atoms with Crippen molar-refractivity contribution in [2.45, 2.75) is 56.4 Å². The molecule has 2 amide bonds. The van der Waals surface area contributed by atoms with E-state index in [-0.39, 0.29) is 19.1 Å². The number of aliphatic carboxylic acids is 1. The van der Waals surface area contributed by atoms with Gasteiger partial charge in [-0.15, -0.1) is 0 Å². The van der Waals surface area contributed by atoms with Crippen LogP contribution in [0.4, 0.5) is 13.6 Å². The Bertz CT molecular complexity index is 1400. The lowest BCUT2D eigenvalue weighted by molar-refractivity contribution is -0.171. The molecule has 0 spiro atoms. The Morgan fingerprint density at radius 1 is 0.905 bits per heavy atom. The number of hydrogen-bond donors (Lipinski definition) is 3. The van der Waals surface area contributed by atoms with E-state index >= 15 is 0 Å². The molecule has 3 atom stereocenters. The Morgan fingerprint density at radius 3 is 2.05 bits per heavy atom. The first-order valence-corrected chi connectivity index (χ1v) is 13.9. The monoisotopic (exact) mass is 578 g/mol. The van der Waals surface area contributed by atoms with Crippen molar-refractivity contribution in [1.82, 2.24) is 10.6 Å². The van der Waals surface area contributed by atoms with E-state index in [1.54, 1.807) is 0 Å². The molecule has 0 aromatic heterocycles. The summed E-state index contributed by atoms with van der Waals surface area (Å²) >= 11 is 0. The molecule has 0 bridgehead atoms. The number of halogens is 2. The third kappa shape index (κ3) is 6.28. The van der Waals surface area contributed by atoms with Crippen LogP contribution in [-0.4, -0.2) is 53.8 Å². The van der Waals surface area contributed by atoms with Crippen LogP contribution in [0.2, 0.25) is 0 Å². The first-order chi connectivity index (χ1) is 20.2. The minimum absolute atomic E-state index is 0.0186. The van der Waals surface area contributed by atoms with Crippen molar-refractivity contribution in [3.63, 3.8) is 0 Å². The molecule has 3 aromatic carbocycles. The lowest BCUT2D eigenvalue weighted by Crippen LogP contribution is -2.60. The molecule has 0 heterocycles. The Labute approximate surface area is 242 Å². The lowest BCUT2D eigenvalue weighted by atomic mass is 9.98.